The molecule has 210 valence electrons. The van der Waals surface area contributed by atoms with Crippen LogP contribution in [0.25, 0.3) is 22.4 Å². The van der Waals surface area contributed by atoms with Gasteiger partial charge in [0.2, 0.25) is 0 Å². The van der Waals surface area contributed by atoms with Crippen molar-refractivity contribution in [2.45, 2.75) is 26.9 Å². The number of amidine groups is 1. The largest absolute Gasteiger partial charge is 0.506 e. The van der Waals surface area contributed by atoms with Gasteiger partial charge in [-0.05, 0) is 54.3 Å². The summed E-state index contributed by atoms with van der Waals surface area (Å²) in [5.41, 5.74) is 9.88. The van der Waals surface area contributed by atoms with Crippen LogP contribution in [0.1, 0.15) is 36.6 Å². The number of aromatic amines is 2. The van der Waals surface area contributed by atoms with Crippen molar-refractivity contribution in [3.8, 4) is 17.1 Å². The molecule has 0 aliphatic heterocycles. The number of phenols is 1. The molecule has 0 fully saturated rings. The SMILES string of the molecule is CN=C(N)c1cc(C)c2nc(-c3c(NCC(O)c4ccc(NC(=O)OCC(C)C)c(O)c4)cc[nH]c3=O)[nH]c2c1. The van der Waals surface area contributed by atoms with Crippen LogP contribution in [0.5, 0.6) is 5.75 Å². The second kappa shape index (κ2) is 11.9. The number of hydrogen-bond acceptors (Lipinski definition) is 8. The molecule has 1 amide bonds. The number of amides is 1. The number of hydrogen-bond donors (Lipinski definition) is 7. The summed E-state index contributed by atoms with van der Waals surface area (Å²) in [6, 6.07) is 9.78. The quantitative estimate of drug-likeness (QED) is 0.0938. The van der Waals surface area contributed by atoms with Gasteiger partial charge in [0.05, 0.1) is 35.1 Å². The van der Waals surface area contributed by atoms with E-state index < -0.39 is 12.2 Å². The summed E-state index contributed by atoms with van der Waals surface area (Å²) in [6.07, 6.45) is -0.230. The number of aliphatic hydroxyl groups is 1. The van der Waals surface area contributed by atoms with Crippen molar-refractivity contribution in [3.63, 3.8) is 0 Å². The van der Waals surface area contributed by atoms with Gasteiger partial charge in [0, 0.05) is 25.4 Å². The molecule has 1 atom stereocenters. The number of imidazole rings is 1. The highest BCUT2D eigenvalue weighted by atomic mass is 16.5. The minimum absolute atomic E-state index is 0.0198. The Morgan fingerprint density at radius 2 is 1.98 bits per heavy atom. The number of aryl methyl sites for hydroxylation is 1. The maximum absolute atomic E-state index is 12.9. The first-order valence-corrected chi connectivity index (χ1v) is 12.7. The van der Waals surface area contributed by atoms with Gasteiger partial charge in [0.25, 0.3) is 5.56 Å². The first-order chi connectivity index (χ1) is 19.1. The smallest absolute Gasteiger partial charge is 0.411 e. The number of carbonyl (C=O) groups is 1. The molecule has 8 N–H and O–H groups in total. The highest BCUT2D eigenvalue weighted by molar-refractivity contribution is 6.01. The maximum Gasteiger partial charge on any atom is 0.411 e. The normalized spacial score (nSPS) is 12.5. The van der Waals surface area contributed by atoms with Crippen molar-refractivity contribution in [1.29, 1.82) is 0 Å². The first-order valence-electron chi connectivity index (χ1n) is 12.7. The van der Waals surface area contributed by atoms with Crippen molar-refractivity contribution >= 4 is 34.3 Å². The number of aliphatic hydroxyl groups excluding tert-OH is 1. The Kier molecular flexibility index (Phi) is 8.39. The second-order valence-electron chi connectivity index (χ2n) is 9.77. The number of carbonyl (C=O) groups excluding carboxylic acids is 1. The van der Waals surface area contributed by atoms with E-state index in [1.54, 1.807) is 19.2 Å². The van der Waals surface area contributed by atoms with Gasteiger partial charge in [0.15, 0.2) is 0 Å². The zero-order chi connectivity index (χ0) is 29.0. The van der Waals surface area contributed by atoms with Crippen LogP contribution in [0.2, 0.25) is 0 Å². The molecule has 40 heavy (non-hydrogen) atoms. The van der Waals surface area contributed by atoms with Gasteiger partial charge in [-0.25, -0.2) is 9.78 Å². The summed E-state index contributed by atoms with van der Waals surface area (Å²) < 4.78 is 5.06. The molecule has 2 heterocycles. The average Bonchev–Trinajstić information content (AvgIpc) is 3.35. The van der Waals surface area contributed by atoms with Gasteiger partial charge in [-0.3, -0.25) is 15.1 Å². The van der Waals surface area contributed by atoms with E-state index in [9.17, 15) is 19.8 Å². The lowest BCUT2D eigenvalue weighted by Gasteiger charge is -2.16. The molecule has 4 rings (SSSR count). The Balaban J connectivity index is 1.53. The number of benzene rings is 2. The number of aromatic nitrogens is 3. The number of H-pyrrole nitrogens is 2. The number of fused-ring (bicyclic) bond motifs is 1. The molecule has 0 saturated heterocycles. The second-order valence-corrected chi connectivity index (χ2v) is 9.77. The third kappa shape index (κ3) is 6.24. The van der Waals surface area contributed by atoms with E-state index in [4.69, 9.17) is 10.5 Å². The molecule has 12 nitrogen and oxygen atoms in total. The van der Waals surface area contributed by atoms with E-state index in [0.29, 0.717) is 33.9 Å². The Morgan fingerprint density at radius 3 is 2.67 bits per heavy atom. The molecule has 0 aliphatic carbocycles. The number of ether oxygens (including phenoxy) is 1. The van der Waals surface area contributed by atoms with Crippen molar-refractivity contribution in [3.05, 3.63) is 69.6 Å². The first kappa shape index (κ1) is 28.2. The molecule has 1 unspecified atom stereocenters. The number of aromatic hydroxyl groups is 1. The Bertz CT molecular complexity index is 1620. The fraction of sp³-hybridized carbons (Fsp3) is 0.286. The lowest BCUT2D eigenvalue weighted by atomic mass is 10.1. The van der Waals surface area contributed by atoms with Crippen LogP contribution in [-0.2, 0) is 4.74 Å². The van der Waals surface area contributed by atoms with Crippen LogP contribution in [0.3, 0.4) is 0 Å². The fourth-order valence-electron chi connectivity index (χ4n) is 4.12. The Labute approximate surface area is 230 Å². The van der Waals surface area contributed by atoms with Crippen molar-refractivity contribution in [1.82, 2.24) is 15.0 Å². The fourth-order valence-corrected chi connectivity index (χ4v) is 4.12. The molecule has 4 aromatic rings. The standard InChI is InChI=1S/C28H33N7O5/c1-14(2)13-40-28(39)34-18-6-5-16(11-21(18)36)22(37)12-32-19-7-8-31-27(38)23(19)26-33-20-10-17(25(29)30-4)9-15(3)24(20)35-26/h5-11,14,22,36-37H,12-13H2,1-4H3,(H2,29,30)(H,33,35)(H,34,39)(H2,31,32,38). The van der Waals surface area contributed by atoms with Crippen molar-refractivity contribution < 1.29 is 19.7 Å². The summed E-state index contributed by atoms with van der Waals surface area (Å²) in [4.78, 5) is 39.3. The molecule has 0 radical (unpaired) electrons. The van der Waals surface area contributed by atoms with E-state index in [-0.39, 0.29) is 41.6 Å². The summed E-state index contributed by atoms with van der Waals surface area (Å²) in [6.45, 7) is 5.99. The molecular weight excluding hydrogens is 514 g/mol. The summed E-state index contributed by atoms with van der Waals surface area (Å²) in [5.74, 6) is 0.684. The lowest BCUT2D eigenvalue weighted by Crippen LogP contribution is -2.18. The van der Waals surface area contributed by atoms with E-state index in [0.717, 1.165) is 11.1 Å². The number of aliphatic imine (C=N–C) groups is 1. The molecule has 2 aromatic carbocycles. The topological polar surface area (TPSA) is 191 Å². The van der Waals surface area contributed by atoms with Crippen molar-refractivity contribution in [2.75, 3.05) is 30.8 Å². The third-order valence-electron chi connectivity index (χ3n) is 6.19. The maximum atomic E-state index is 12.9. The van der Waals surface area contributed by atoms with Gasteiger partial charge in [0.1, 0.15) is 23.0 Å². The summed E-state index contributed by atoms with van der Waals surface area (Å²) >= 11 is 0. The van der Waals surface area contributed by atoms with E-state index in [1.807, 2.05) is 32.9 Å². The average molecular weight is 548 g/mol. The molecule has 0 spiro atoms. The van der Waals surface area contributed by atoms with Crippen LogP contribution >= 0.6 is 0 Å². The van der Waals surface area contributed by atoms with E-state index in [2.05, 4.69) is 30.6 Å². The minimum atomic E-state index is -1.04. The number of rotatable bonds is 9. The zero-order valence-corrected chi connectivity index (χ0v) is 22.7. The number of pyridine rings is 1. The van der Waals surface area contributed by atoms with Crippen LogP contribution in [0.15, 0.2) is 52.4 Å². The molecular formula is C28H33N7O5. The van der Waals surface area contributed by atoms with Crippen LogP contribution in [-0.4, -0.2) is 57.3 Å². The monoisotopic (exact) mass is 547 g/mol. The Morgan fingerprint density at radius 1 is 1.20 bits per heavy atom. The number of phenolic OH excluding ortho intramolecular Hbond substituents is 1. The highest BCUT2D eigenvalue weighted by Gasteiger charge is 2.18. The van der Waals surface area contributed by atoms with Gasteiger partial charge < -0.3 is 36.0 Å². The number of nitrogens with zero attached hydrogens (tertiary/aromatic N) is 2. The number of nitrogens with one attached hydrogen (secondary N) is 4. The molecule has 0 bridgehead atoms. The molecule has 0 aliphatic rings. The number of anilines is 2. The highest BCUT2D eigenvalue weighted by Crippen LogP contribution is 2.29. The van der Waals surface area contributed by atoms with Gasteiger partial charge in [-0.2, -0.15) is 0 Å². The lowest BCUT2D eigenvalue weighted by molar-refractivity contribution is 0.147. The Hall–Kier alpha value is -4.84. The van der Waals surface area contributed by atoms with Gasteiger partial charge in [-0.15, -0.1) is 0 Å². The van der Waals surface area contributed by atoms with Crippen molar-refractivity contribution in [2.24, 2.45) is 16.6 Å². The molecule has 0 saturated carbocycles. The predicted octanol–water partition coefficient (Wildman–Crippen LogP) is 3.62. The van der Waals surface area contributed by atoms with Crippen LogP contribution < -0.4 is 21.9 Å². The molecule has 2 aromatic heterocycles. The van der Waals surface area contributed by atoms with Crippen LogP contribution in [0, 0.1) is 12.8 Å². The third-order valence-corrected chi connectivity index (χ3v) is 6.19. The van der Waals surface area contributed by atoms with Crippen LogP contribution in [0.4, 0.5) is 16.2 Å². The van der Waals surface area contributed by atoms with E-state index >= 15 is 0 Å². The zero-order valence-electron chi connectivity index (χ0n) is 22.7. The predicted molar refractivity (Wildman–Crippen MR) is 155 cm³/mol. The van der Waals surface area contributed by atoms with Gasteiger partial charge >= 0.3 is 6.09 Å². The number of nitrogens with two attached hydrogens (primary N) is 1. The van der Waals surface area contributed by atoms with Gasteiger partial charge in [-0.1, -0.05) is 19.9 Å². The molecule has 12 heteroatoms. The minimum Gasteiger partial charge on any atom is -0.506 e. The van der Waals surface area contributed by atoms with E-state index in [1.165, 1.54) is 18.3 Å². The summed E-state index contributed by atoms with van der Waals surface area (Å²) in [7, 11) is 1.61. The summed E-state index contributed by atoms with van der Waals surface area (Å²) in [5, 5.41) is 26.7.